The Balaban J connectivity index is 1.29. The van der Waals surface area contributed by atoms with Gasteiger partial charge in [0.05, 0.1) is 31.0 Å². The molecule has 1 amide bonds. The lowest BCUT2D eigenvalue weighted by molar-refractivity contribution is -0.118. The van der Waals surface area contributed by atoms with E-state index in [0.717, 1.165) is 51.6 Å². The van der Waals surface area contributed by atoms with Crippen molar-refractivity contribution in [2.45, 2.75) is 52.0 Å². The number of nitrogens with one attached hydrogen (secondary N) is 1. The molecule has 1 atom stereocenters. The number of amides is 1. The molecule has 3 aromatic rings. The van der Waals surface area contributed by atoms with Crippen LogP contribution in [-0.2, 0) is 48.8 Å². The van der Waals surface area contributed by atoms with Crippen LogP contribution in [0.2, 0.25) is 0 Å². The number of carbonyl (C=O) groups excluding carboxylic acids is 2. The fraction of sp³-hybridized carbons (Fsp3) is 0.429. The number of ketones is 1. The summed E-state index contributed by atoms with van der Waals surface area (Å²) in [7, 11) is 1.82. The fourth-order valence-corrected chi connectivity index (χ4v) is 6.09. The number of aryl methyl sites for hydroxylation is 2. The van der Waals surface area contributed by atoms with E-state index in [1.807, 2.05) is 44.3 Å². The number of thiophene rings is 1. The van der Waals surface area contributed by atoms with Crippen LogP contribution in [0.15, 0.2) is 36.5 Å². The van der Waals surface area contributed by atoms with Gasteiger partial charge in [-0.3, -0.25) is 9.48 Å². The number of alkyl carbamates (subject to hydrolysis) is 1. The average Bonchev–Trinajstić information content (AvgIpc) is 3.47. The highest BCUT2D eigenvalue weighted by Crippen LogP contribution is 2.37. The largest absolute Gasteiger partial charge is 0.494 e. The molecule has 4 rings (SSSR count). The van der Waals surface area contributed by atoms with E-state index in [-0.39, 0.29) is 18.1 Å². The van der Waals surface area contributed by atoms with Gasteiger partial charge in [-0.05, 0) is 61.8 Å². The number of hydrogen-bond acceptors (Lipinski definition) is 7. The van der Waals surface area contributed by atoms with Crippen molar-refractivity contribution in [3.8, 4) is 11.8 Å². The van der Waals surface area contributed by atoms with Crippen LogP contribution in [0, 0.1) is 17.2 Å². The van der Waals surface area contributed by atoms with Gasteiger partial charge in [0.2, 0.25) is 0 Å². The summed E-state index contributed by atoms with van der Waals surface area (Å²) >= 11 is 1.56. The molecule has 2 heterocycles. The minimum absolute atomic E-state index is 0.117. The van der Waals surface area contributed by atoms with Gasteiger partial charge in [-0.15, -0.1) is 11.3 Å². The number of benzene rings is 1. The Hall–Kier alpha value is -3.64. The SMILES string of the molecule is CCOc1ccccc1CCC(=O)Cc1sc2c(c1C#N)CCC(COC(=O)NCc1ccnn1C)C2. The van der Waals surface area contributed by atoms with E-state index in [1.54, 1.807) is 22.2 Å². The molecule has 0 saturated carbocycles. The van der Waals surface area contributed by atoms with E-state index in [4.69, 9.17) is 9.47 Å². The summed E-state index contributed by atoms with van der Waals surface area (Å²) in [5, 5.41) is 16.7. The second kappa shape index (κ2) is 12.5. The molecule has 194 valence electrons. The van der Waals surface area contributed by atoms with Crippen molar-refractivity contribution >= 4 is 23.2 Å². The van der Waals surface area contributed by atoms with E-state index in [1.165, 1.54) is 0 Å². The van der Waals surface area contributed by atoms with E-state index in [0.29, 0.717) is 38.2 Å². The Morgan fingerprint density at radius 2 is 2.14 bits per heavy atom. The lowest BCUT2D eigenvalue weighted by Gasteiger charge is -2.22. The topological polar surface area (TPSA) is 106 Å². The normalized spacial score (nSPS) is 14.5. The summed E-state index contributed by atoms with van der Waals surface area (Å²) in [5.41, 5.74) is 3.64. The molecule has 0 saturated heterocycles. The maximum Gasteiger partial charge on any atom is 0.407 e. The highest BCUT2D eigenvalue weighted by Gasteiger charge is 2.27. The first-order chi connectivity index (χ1) is 18.0. The van der Waals surface area contributed by atoms with Gasteiger partial charge >= 0.3 is 6.09 Å². The molecule has 1 N–H and O–H groups in total. The number of hydrogen-bond donors (Lipinski definition) is 1. The van der Waals surface area contributed by atoms with Crippen molar-refractivity contribution in [1.82, 2.24) is 15.1 Å². The lowest BCUT2D eigenvalue weighted by Crippen LogP contribution is -2.28. The van der Waals surface area contributed by atoms with Crippen molar-refractivity contribution in [3.05, 3.63) is 68.7 Å². The molecule has 1 aliphatic carbocycles. The fourth-order valence-electron chi connectivity index (χ4n) is 4.64. The van der Waals surface area contributed by atoms with Crippen LogP contribution in [0.3, 0.4) is 0 Å². The summed E-state index contributed by atoms with van der Waals surface area (Å²) < 4.78 is 12.8. The van der Waals surface area contributed by atoms with Crippen LogP contribution in [0.5, 0.6) is 5.75 Å². The quantitative estimate of drug-likeness (QED) is 0.398. The first-order valence-corrected chi connectivity index (χ1v) is 13.4. The van der Waals surface area contributed by atoms with Crippen LogP contribution in [0.1, 0.15) is 51.9 Å². The standard InChI is InChI=1S/C28H32N4O4S/c1-3-35-25-7-5-4-6-20(25)9-10-22(33)15-27-24(16-29)23-11-8-19(14-26(23)37-27)18-36-28(34)30-17-21-12-13-31-32(21)2/h4-7,12-13,19H,3,8-11,14-15,17-18H2,1-2H3,(H,30,34). The number of ether oxygens (including phenoxy) is 2. The lowest BCUT2D eigenvalue weighted by atomic mass is 9.87. The highest BCUT2D eigenvalue weighted by molar-refractivity contribution is 7.12. The predicted octanol–water partition coefficient (Wildman–Crippen LogP) is 4.53. The molecule has 0 aliphatic heterocycles. The summed E-state index contributed by atoms with van der Waals surface area (Å²) in [4.78, 5) is 27.0. The minimum Gasteiger partial charge on any atom is -0.494 e. The van der Waals surface area contributed by atoms with E-state index in [9.17, 15) is 14.9 Å². The van der Waals surface area contributed by atoms with Gasteiger partial charge in [-0.1, -0.05) is 18.2 Å². The van der Waals surface area contributed by atoms with E-state index >= 15 is 0 Å². The Morgan fingerprint density at radius 1 is 1.30 bits per heavy atom. The molecule has 37 heavy (non-hydrogen) atoms. The molecule has 0 radical (unpaired) electrons. The third-order valence-electron chi connectivity index (χ3n) is 6.64. The Labute approximate surface area is 221 Å². The maximum atomic E-state index is 12.8. The molecule has 1 aromatic carbocycles. The second-order valence-corrected chi connectivity index (χ2v) is 10.4. The molecule has 0 bridgehead atoms. The zero-order chi connectivity index (χ0) is 26.2. The number of nitriles is 1. The number of carbonyl (C=O) groups is 2. The van der Waals surface area contributed by atoms with Crippen LogP contribution >= 0.6 is 11.3 Å². The minimum atomic E-state index is -0.451. The number of aromatic nitrogens is 2. The van der Waals surface area contributed by atoms with Crippen molar-refractivity contribution in [3.63, 3.8) is 0 Å². The number of rotatable bonds is 11. The predicted molar refractivity (Wildman–Crippen MR) is 141 cm³/mol. The molecule has 0 fully saturated rings. The monoisotopic (exact) mass is 520 g/mol. The van der Waals surface area contributed by atoms with Gasteiger partial charge in [-0.25, -0.2) is 4.79 Å². The van der Waals surface area contributed by atoms with Crippen molar-refractivity contribution < 1.29 is 19.1 Å². The molecule has 9 heteroatoms. The van der Waals surface area contributed by atoms with Gasteiger partial charge in [0.1, 0.15) is 17.6 Å². The van der Waals surface area contributed by atoms with Crippen LogP contribution in [-0.4, -0.2) is 34.9 Å². The molecule has 2 aromatic heterocycles. The maximum absolute atomic E-state index is 12.8. The van der Waals surface area contributed by atoms with Crippen molar-refractivity contribution in [2.75, 3.05) is 13.2 Å². The van der Waals surface area contributed by atoms with E-state index in [2.05, 4.69) is 16.5 Å². The number of nitrogens with zero attached hydrogens (tertiary/aromatic N) is 3. The number of fused-ring (bicyclic) bond motifs is 1. The summed E-state index contributed by atoms with van der Waals surface area (Å²) in [6, 6.07) is 12.0. The zero-order valence-corrected chi connectivity index (χ0v) is 22.1. The molecule has 1 aliphatic rings. The third kappa shape index (κ3) is 6.77. The Kier molecular flexibility index (Phi) is 8.96. The highest BCUT2D eigenvalue weighted by atomic mass is 32.1. The summed E-state index contributed by atoms with van der Waals surface area (Å²) in [6.07, 6.45) is 4.88. The van der Waals surface area contributed by atoms with Gasteiger partial charge in [0.25, 0.3) is 0 Å². The summed E-state index contributed by atoms with van der Waals surface area (Å²) in [5.74, 6) is 1.13. The molecular weight excluding hydrogens is 488 g/mol. The molecule has 8 nitrogen and oxygen atoms in total. The van der Waals surface area contributed by atoms with Crippen molar-refractivity contribution in [2.24, 2.45) is 13.0 Å². The molecular formula is C28H32N4O4S. The Morgan fingerprint density at radius 3 is 2.89 bits per heavy atom. The van der Waals surface area contributed by atoms with Crippen LogP contribution in [0.25, 0.3) is 0 Å². The first-order valence-electron chi connectivity index (χ1n) is 12.6. The van der Waals surface area contributed by atoms with Crippen molar-refractivity contribution in [1.29, 1.82) is 5.26 Å². The average molecular weight is 521 g/mol. The first kappa shape index (κ1) is 26.4. The third-order valence-corrected chi connectivity index (χ3v) is 7.90. The van der Waals surface area contributed by atoms with Crippen LogP contribution in [0.4, 0.5) is 4.79 Å². The number of Topliss-reactive ketones (excluding diaryl/α,β-unsaturated/α-hetero) is 1. The van der Waals surface area contributed by atoms with Gasteiger partial charge in [0.15, 0.2) is 0 Å². The Bertz CT molecular complexity index is 1290. The van der Waals surface area contributed by atoms with Gasteiger partial charge < -0.3 is 14.8 Å². The molecule has 1 unspecified atom stereocenters. The van der Waals surface area contributed by atoms with Gasteiger partial charge in [0, 0.05) is 35.8 Å². The van der Waals surface area contributed by atoms with Crippen LogP contribution < -0.4 is 10.1 Å². The smallest absolute Gasteiger partial charge is 0.407 e. The zero-order valence-electron chi connectivity index (χ0n) is 21.3. The number of para-hydroxylation sites is 1. The van der Waals surface area contributed by atoms with E-state index < -0.39 is 6.09 Å². The van der Waals surface area contributed by atoms with Gasteiger partial charge in [-0.2, -0.15) is 10.4 Å². The second-order valence-electron chi connectivity index (χ2n) is 9.18. The molecule has 0 spiro atoms. The summed E-state index contributed by atoms with van der Waals surface area (Å²) in [6.45, 7) is 3.21.